The molecule has 162 valence electrons. The van der Waals surface area contributed by atoms with Gasteiger partial charge >= 0.3 is 0 Å². The second kappa shape index (κ2) is 11.2. The number of benzene rings is 2. The van der Waals surface area contributed by atoms with E-state index in [-0.39, 0.29) is 35.9 Å². The molecule has 2 aromatic rings. The van der Waals surface area contributed by atoms with Crippen LogP contribution >= 0.6 is 24.0 Å². The number of para-hydroxylation sites is 1. The molecule has 0 aromatic heterocycles. The summed E-state index contributed by atoms with van der Waals surface area (Å²) in [4.78, 5) is 18.5. The molecule has 0 radical (unpaired) electrons. The first-order valence-corrected chi connectivity index (χ1v) is 9.80. The highest BCUT2D eigenvalue weighted by Gasteiger charge is 2.23. The third-order valence-electron chi connectivity index (χ3n) is 5.07. The van der Waals surface area contributed by atoms with Crippen molar-refractivity contribution in [3.63, 3.8) is 0 Å². The third kappa shape index (κ3) is 5.90. The number of amides is 1. The second-order valence-corrected chi connectivity index (χ2v) is 7.07. The quantitative estimate of drug-likeness (QED) is 0.256. The maximum atomic E-state index is 13.4. The smallest absolute Gasteiger partial charge is 0.227 e. The Morgan fingerprint density at radius 2 is 1.97 bits per heavy atom. The number of aliphatic imine (C=N–C) groups is 1. The predicted octanol–water partition coefficient (Wildman–Crippen LogP) is 4.18. The SMILES string of the molecule is CN=C(NCCCC(=O)N1CCc2ccccc21)NC(C)c1ccc(F)c(F)c1.I. The first kappa shape index (κ1) is 24.0. The van der Waals surface area contributed by atoms with Crippen molar-refractivity contribution >= 4 is 41.5 Å². The molecule has 1 aliphatic heterocycles. The molecule has 1 amide bonds. The van der Waals surface area contributed by atoms with Crippen LogP contribution in [-0.2, 0) is 11.2 Å². The standard InChI is InChI=1S/C22H26F2N4O.HI/c1-15(17-9-10-18(23)19(24)14-17)27-22(25-2)26-12-5-8-21(29)28-13-11-16-6-3-4-7-20(16)28;/h3-4,6-7,9-10,14-15H,5,8,11-13H2,1-2H3,(H2,25,26,27);1H. The Morgan fingerprint density at radius 3 is 2.70 bits per heavy atom. The molecule has 0 saturated carbocycles. The third-order valence-corrected chi connectivity index (χ3v) is 5.07. The molecule has 1 heterocycles. The minimum absolute atomic E-state index is 0. The normalized spacial score (nSPS) is 14.0. The Bertz CT molecular complexity index is 906. The summed E-state index contributed by atoms with van der Waals surface area (Å²) in [5.41, 5.74) is 2.85. The van der Waals surface area contributed by atoms with E-state index in [1.165, 1.54) is 17.7 Å². The average Bonchev–Trinajstić information content (AvgIpc) is 3.16. The summed E-state index contributed by atoms with van der Waals surface area (Å²) in [6.07, 6.45) is 2.01. The Hall–Kier alpha value is -2.23. The monoisotopic (exact) mass is 528 g/mol. The molecule has 0 spiro atoms. The minimum atomic E-state index is -0.874. The molecule has 8 heteroatoms. The van der Waals surface area contributed by atoms with Crippen molar-refractivity contribution in [2.45, 2.75) is 32.2 Å². The van der Waals surface area contributed by atoms with Gasteiger partial charge in [0.15, 0.2) is 17.6 Å². The van der Waals surface area contributed by atoms with E-state index >= 15 is 0 Å². The molecule has 2 aromatic carbocycles. The van der Waals surface area contributed by atoms with Crippen molar-refractivity contribution < 1.29 is 13.6 Å². The molecule has 30 heavy (non-hydrogen) atoms. The lowest BCUT2D eigenvalue weighted by atomic mass is 10.1. The maximum absolute atomic E-state index is 13.4. The van der Waals surface area contributed by atoms with Crippen LogP contribution in [0.15, 0.2) is 47.5 Å². The lowest BCUT2D eigenvalue weighted by Gasteiger charge is -2.19. The minimum Gasteiger partial charge on any atom is -0.356 e. The summed E-state index contributed by atoms with van der Waals surface area (Å²) in [5.74, 6) is -1.08. The summed E-state index contributed by atoms with van der Waals surface area (Å²) in [6, 6.07) is 11.6. The van der Waals surface area contributed by atoms with E-state index in [1.807, 2.05) is 30.0 Å². The van der Waals surface area contributed by atoms with E-state index in [9.17, 15) is 13.6 Å². The number of halogens is 3. The molecule has 5 nitrogen and oxygen atoms in total. The van der Waals surface area contributed by atoms with Gasteiger partial charge in [0.1, 0.15) is 0 Å². The molecule has 1 unspecified atom stereocenters. The number of anilines is 1. The Labute approximate surface area is 193 Å². The predicted molar refractivity (Wildman–Crippen MR) is 126 cm³/mol. The van der Waals surface area contributed by atoms with Crippen molar-refractivity contribution in [2.24, 2.45) is 4.99 Å². The molecule has 2 N–H and O–H groups in total. The molecular weight excluding hydrogens is 501 g/mol. The molecule has 1 atom stereocenters. The topological polar surface area (TPSA) is 56.7 Å². The van der Waals surface area contributed by atoms with E-state index in [0.717, 1.165) is 24.7 Å². The zero-order chi connectivity index (χ0) is 20.8. The van der Waals surface area contributed by atoms with Crippen LogP contribution < -0.4 is 15.5 Å². The van der Waals surface area contributed by atoms with Crippen molar-refractivity contribution in [1.82, 2.24) is 10.6 Å². The summed E-state index contributed by atoms with van der Waals surface area (Å²) in [7, 11) is 1.64. The van der Waals surface area contributed by atoms with Gasteiger partial charge in [-0.3, -0.25) is 9.79 Å². The summed E-state index contributed by atoms with van der Waals surface area (Å²) in [6.45, 7) is 3.15. The summed E-state index contributed by atoms with van der Waals surface area (Å²) < 4.78 is 26.5. The molecule has 0 bridgehead atoms. The van der Waals surface area contributed by atoms with Crippen molar-refractivity contribution in [1.29, 1.82) is 0 Å². The lowest BCUT2D eigenvalue weighted by Crippen LogP contribution is -2.39. The van der Waals surface area contributed by atoms with Gasteiger partial charge in [0.05, 0.1) is 6.04 Å². The largest absolute Gasteiger partial charge is 0.356 e. The van der Waals surface area contributed by atoms with Crippen LogP contribution in [0.5, 0.6) is 0 Å². The van der Waals surface area contributed by atoms with Crippen LogP contribution in [0.1, 0.15) is 36.9 Å². The first-order chi connectivity index (χ1) is 14.0. The van der Waals surface area contributed by atoms with E-state index in [2.05, 4.69) is 21.7 Å². The number of rotatable bonds is 6. The Kier molecular flexibility index (Phi) is 9.01. The average molecular weight is 528 g/mol. The number of carbonyl (C=O) groups excluding carboxylic acids is 1. The number of hydrogen-bond acceptors (Lipinski definition) is 2. The number of carbonyl (C=O) groups is 1. The number of fused-ring (bicyclic) bond motifs is 1. The summed E-state index contributed by atoms with van der Waals surface area (Å²) in [5, 5.41) is 6.30. The molecule has 0 saturated heterocycles. The van der Waals surface area contributed by atoms with Crippen LogP contribution in [0.2, 0.25) is 0 Å². The van der Waals surface area contributed by atoms with Crippen LogP contribution in [0, 0.1) is 11.6 Å². The number of guanidine groups is 1. The van der Waals surface area contributed by atoms with E-state index in [4.69, 9.17) is 0 Å². The fourth-order valence-corrected chi connectivity index (χ4v) is 3.44. The van der Waals surface area contributed by atoms with Crippen LogP contribution in [0.25, 0.3) is 0 Å². The fourth-order valence-electron chi connectivity index (χ4n) is 3.44. The lowest BCUT2D eigenvalue weighted by molar-refractivity contribution is -0.118. The van der Waals surface area contributed by atoms with Gasteiger partial charge in [-0.05, 0) is 49.1 Å². The van der Waals surface area contributed by atoms with Crippen LogP contribution in [-0.4, -0.2) is 32.0 Å². The van der Waals surface area contributed by atoms with Crippen molar-refractivity contribution in [3.8, 4) is 0 Å². The van der Waals surface area contributed by atoms with Gasteiger partial charge in [-0.15, -0.1) is 24.0 Å². The van der Waals surface area contributed by atoms with E-state index in [0.29, 0.717) is 30.9 Å². The van der Waals surface area contributed by atoms with Gasteiger partial charge in [-0.2, -0.15) is 0 Å². The molecule has 1 aliphatic rings. The van der Waals surface area contributed by atoms with E-state index in [1.54, 1.807) is 7.05 Å². The van der Waals surface area contributed by atoms with Gasteiger partial charge in [-0.25, -0.2) is 8.78 Å². The maximum Gasteiger partial charge on any atom is 0.227 e. The Balaban J connectivity index is 0.00000320. The number of nitrogens with one attached hydrogen (secondary N) is 2. The number of hydrogen-bond donors (Lipinski definition) is 2. The van der Waals surface area contributed by atoms with Gasteiger partial charge in [0, 0.05) is 32.2 Å². The number of nitrogens with zero attached hydrogens (tertiary/aromatic N) is 2. The van der Waals surface area contributed by atoms with Gasteiger partial charge < -0.3 is 15.5 Å². The summed E-state index contributed by atoms with van der Waals surface area (Å²) >= 11 is 0. The van der Waals surface area contributed by atoms with Crippen molar-refractivity contribution in [2.75, 3.05) is 25.0 Å². The molecule has 0 fully saturated rings. The molecular formula is C22H27F2IN4O. The molecule has 0 aliphatic carbocycles. The zero-order valence-corrected chi connectivity index (χ0v) is 19.5. The second-order valence-electron chi connectivity index (χ2n) is 7.07. The van der Waals surface area contributed by atoms with Crippen LogP contribution in [0.4, 0.5) is 14.5 Å². The highest BCUT2D eigenvalue weighted by molar-refractivity contribution is 14.0. The highest BCUT2D eigenvalue weighted by Crippen LogP contribution is 2.28. The van der Waals surface area contributed by atoms with Gasteiger partial charge in [0.2, 0.25) is 5.91 Å². The highest BCUT2D eigenvalue weighted by atomic mass is 127. The van der Waals surface area contributed by atoms with Crippen LogP contribution in [0.3, 0.4) is 0 Å². The molecule has 3 rings (SSSR count). The Morgan fingerprint density at radius 1 is 1.20 bits per heavy atom. The fraction of sp³-hybridized carbons (Fsp3) is 0.364. The van der Waals surface area contributed by atoms with Gasteiger partial charge in [0.25, 0.3) is 0 Å². The van der Waals surface area contributed by atoms with Crippen molar-refractivity contribution in [3.05, 3.63) is 65.2 Å². The first-order valence-electron chi connectivity index (χ1n) is 9.80. The van der Waals surface area contributed by atoms with E-state index < -0.39 is 11.6 Å². The van der Waals surface area contributed by atoms with Gasteiger partial charge in [-0.1, -0.05) is 24.3 Å². The zero-order valence-electron chi connectivity index (χ0n) is 17.1.